The Kier molecular flexibility index (Phi) is 12.7. The summed E-state index contributed by atoms with van der Waals surface area (Å²) in [6, 6.07) is 113. The van der Waals surface area contributed by atoms with Crippen molar-refractivity contribution in [1.82, 2.24) is 9.13 Å². The number of rotatable bonds is 7. The molecule has 0 N–H and O–H groups in total. The first-order valence-electron chi connectivity index (χ1n) is 35.0. The van der Waals surface area contributed by atoms with Crippen molar-refractivity contribution < 1.29 is 9.47 Å². The maximum atomic E-state index is 7.19. The van der Waals surface area contributed by atoms with Crippen molar-refractivity contribution in [3.05, 3.63) is 314 Å². The van der Waals surface area contributed by atoms with E-state index in [0.717, 1.165) is 140 Å². The molecule has 0 fully saturated rings. The lowest BCUT2D eigenvalue weighted by atomic mass is 9.33. The van der Waals surface area contributed by atoms with Gasteiger partial charge in [0.2, 0.25) is 0 Å². The quantitative estimate of drug-likeness (QED) is 0.149. The number of para-hydroxylation sites is 6. The molecule has 2 aromatic heterocycles. The number of benzene rings is 14. The molecule has 0 unspecified atom stereocenters. The van der Waals surface area contributed by atoms with Crippen LogP contribution in [0.25, 0.3) is 88.4 Å². The second-order valence-electron chi connectivity index (χ2n) is 29.6. The highest BCUT2D eigenvalue weighted by Gasteiger charge is 2.46. The molecule has 4 aliphatic rings. The van der Waals surface area contributed by atoms with Gasteiger partial charge in [0, 0.05) is 72.3 Å². The van der Waals surface area contributed by atoms with Crippen molar-refractivity contribution in [3.63, 3.8) is 0 Å². The number of aromatic nitrogens is 2. The predicted octanol–water partition coefficient (Wildman–Crippen LogP) is 20.3. The molecule has 0 saturated heterocycles. The predicted molar refractivity (Wildman–Crippen MR) is 421 cm³/mol. The van der Waals surface area contributed by atoms with Crippen LogP contribution in [0.3, 0.4) is 0 Å². The summed E-state index contributed by atoms with van der Waals surface area (Å²) in [5.74, 6) is 3.29. The summed E-state index contributed by atoms with van der Waals surface area (Å²) in [6.45, 7) is 13.6. The van der Waals surface area contributed by atoms with Gasteiger partial charge < -0.3 is 28.4 Å². The van der Waals surface area contributed by atoms with E-state index in [-0.39, 0.29) is 24.3 Å². The molecule has 0 bridgehead atoms. The van der Waals surface area contributed by atoms with Crippen molar-refractivity contribution in [2.75, 3.05) is 9.80 Å². The lowest BCUT2D eigenvalue weighted by Crippen LogP contribution is -2.61. The van der Waals surface area contributed by atoms with Crippen LogP contribution >= 0.6 is 0 Å². The molecule has 0 amide bonds. The summed E-state index contributed by atoms with van der Waals surface area (Å²) in [4.78, 5) is 5.27. The summed E-state index contributed by atoms with van der Waals surface area (Å²) in [7, 11) is 0. The maximum Gasteiger partial charge on any atom is 0.260 e. The molecular weight excluding hydrogens is 1210 g/mol. The minimum atomic E-state index is -0.246. The number of hydrogen-bond acceptors (Lipinski definition) is 4. The van der Waals surface area contributed by atoms with E-state index in [1.165, 1.54) is 49.1 Å². The normalized spacial score (nSPS) is 13.4. The summed E-state index contributed by atoms with van der Waals surface area (Å²) in [6.07, 6.45) is 0. The van der Waals surface area contributed by atoms with Gasteiger partial charge in [-0.25, -0.2) is 0 Å². The van der Waals surface area contributed by atoms with E-state index in [1.54, 1.807) is 0 Å². The monoisotopic (exact) mass is 1280 g/mol. The van der Waals surface area contributed by atoms with Gasteiger partial charge in [0.1, 0.15) is 23.0 Å². The molecule has 4 aliphatic heterocycles. The molecule has 474 valence electrons. The fourth-order valence-electron chi connectivity index (χ4n) is 17.0. The third kappa shape index (κ3) is 8.78. The molecule has 8 heteroatoms. The van der Waals surface area contributed by atoms with Gasteiger partial charge in [0.25, 0.3) is 13.4 Å². The topological polar surface area (TPSA) is 34.8 Å². The lowest BCUT2D eigenvalue weighted by molar-refractivity contribution is 0.465. The molecule has 6 nitrogen and oxygen atoms in total. The van der Waals surface area contributed by atoms with Gasteiger partial charge in [-0.3, -0.25) is 0 Å². The van der Waals surface area contributed by atoms with Crippen LogP contribution in [0.1, 0.15) is 52.7 Å². The molecule has 14 aromatic carbocycles. The van der Waals surface area contributed by atoms with Gasteiger partial charge in [0.15, 0.2) is 0 Å². The summed E-state index contributed by atoms with van der Waals surface area (Å²) >= 11 is 0. The highest BCUT2D eigenvalue weighted by molar-refractivity contribution is 7.00. The molecule has 0 spiro atoms. The van der Waals surface area contributed by atoms with Gasteiger partial charge in [-0.15, -0.1) is 0 Å². The molecule has 0 atom stereocenters. The van der Waals surface area contributed by atoms with Gasteiger partial charge >= 0.3 is 0 Å². The maximum absolute atomic E-state index is 7.19. The molecular formula is C92H68B2N4O2. The Bertz CT molecular complexity index is 5640. The lowest BCUT2D eigenvalue weighted by Gasteiger charge is -2.45. The first-order valence-corrected chi connectivity index (χ1v) is 35.0. The van der Waals surface area contributed by atoms with E-state index in [1.807, 2.05) is 0 Å². The van der Waals surface area contributed by atoms with Crippen LogP contribution in [0.2, 0.25) is 0 Å². The highest BCUT2D eigenvalue weighted by Crippen LogP contribution is 2.53. The smallest absolute Gasteiger partial charge is 0.260 e. The number of ether oxygens (including phenoxy) is 2. The summed E-state index contributed by atoms with van der Waals surface area (Å²) < 4.78 is 19.3. The zero-order valence-electron chi connectivity index (χ0n) is 56.6. The van der Waals surface area contributed by atoms with E-state index >= 15 is 0 Å². The SMILES string of the molecule is CC(C)(C)c1ccc(N2c3cc(-n4c5ccccc5c5ccccc54)ccc3B3c4ccc(-n5c6ccccc6c6ccccc65)cc4N(c4ccc(C(C)(C)C)cc4-c4ccccc4)c4cc(-c5cc6c7c(c5)Oc5ccccc5B7c5ccccc5O6)cc2c43)c(-c2ccccc2)c1. The zero-order valence-corrected chi connectivity index (χ0v) is 56.6. The van der Waals surface area contributed by atoms with E-state index in [4.69, 9.17) is 9.47 Å². The Hall–Kier alpha value is -12.0. The van der Waals surface area contributed by atoms with Crippen molar-refractivity contribution in [3.8, 4) is 67.8 Å². The van der Waals surface area contributed by atoms with Crippen molar-refractivity contribution in [1.29, 1.82) is 0 Å². The molecule has 0 saturated carbocycles. The van der Waals surface area contributed by atoms with Crippen molar-refractivity contribution in [2.45, 2.75) is 52.4 Å². The van der Waals surface area contributed by atoms with Gasteiger partial charge in [0.05, 0.1) is 33.4 Å². The van der Waals surface area contributed by atoms with Crippen LogP contribution < -0.4 is 52.1 Å². The van der Waals surface area contributed by atoms with E-state index in [9.17, 15) is 0 Å². The number of nitrogens with zero attached hydrogens (tertiary/aromatic N) is 4. The van der Waals surface area contributed by atoms with Crippen LogP contribution in [0.4, 0.5) is 34.1 Å². The standard InChI is InChI=1S/C92H68B2N4O2/c1-91(2,3)61-41-47-79(69(53-61)57-25-9-7-10-26-57)97-81-55-63(95-75-35-19-13-29-65(75)66-30-14-20-36-76(66)95)43-45-71(81)93-72-46-44-64(96-77-37-21-15-31-67(77)68-32-16-22-38-78(68)96)56-82(72)98(80-48-42-62(92(4,5)6)54-70(80)58-27-11-8-12-28-58)84-50-59(49-83(97)89(84)93)60-51-87-90-88(52-60)100-86-40-24-18-34-74(86)94(90)73-33-17-23-39-85(73)99-87/h7-56H,1-6H3. The molecule has 0 aliphatic carbocycles. The molecule has 16 aromatic rings. The second-order valence-corrected chi connectivity index (χ2v) is 29.6. The van der Waals surface area contributed by atoms with Crippen molar-refractivity contribution in [2.24, 2.45) is 0 Å². The number of fused-ring (bicyclic) bond motifs is 14. The Morgan fingerprint density at radius 3 is 1.03 bits per heavy atom. The fourth-order valence-corrected chi connectivity index (χ4v) is 17.0. The third-order valence-electron chi connectivity index (χ3n) is 21.7. The molecule has 100 heavy (non-hydrogen) atoms. The Morgan fingerprint density at radius 2 is 0.620 bits per heavy atom. The zero-order chi connectivity index (χ0) is 66.9. The van der Waals surface area contributed by atoms with Crippen molar-refractivity contribution >= 4 is 124 Å². The van der Waals surface area contributed by atoms with Gasteiger partial charge in [-0.1, -0.05) is 236 Å². The van der Waals surface area contributed by atoms with E-state index in [2.05, 4.69) is 364 Å². The van der Waals surface area contributed by atoms with Crippen LogP contribution in [-0.2, 0) is 10.8 Å². The largest absolute Gasteiger partial charge is 0.458 e. The van der Waals surface area contributed by atoms with Gasteiger partial charge in [-0.05, 0) is 181 Å². The first-order chi connectivity index (χ1) is 48.9. The highest BCUT2D eigenvalue weighted by atomic mass is 16.5. The Balaban J connectivity index is 0.940. The Morgan fingerprint density at radius 1 is 0.260 bits per heavy atom. The third-order valence-corrected chi connectivity index (χ3v) is 21.7. The van der Waals surface area contributed by atoms with Crippen LogP contribution in [0, 0.1) is 0 Å². The molecule has 20 rings (SSSR count). The minimum Gasteiger partial charge on any atom is -0.458 e. The van der Waals surface area contributed by atoms with Crippen LogP contribution in [0.5, 0.6) is 23.0 Å². The summed E-state index contributed by atoms with van der Waals surface area (Å²) in [5.41, 5.74) is 29.1. The Labute approximate surface area is 583 Å². The summed E-state index contributed by atoms with van der Waals surface area (Å²) in [5, 5.41) is 4.88. The van der Waals surface area contributed by atoms with Crippen LogP contribution in [0.15, 0.2) is 303 Å². The van der Waals surface area contributed by atoms with Gasteiger partial charge in [-0.2, -0.15) is 0 Å². The average Bonchev–Trinajstić information content (AvgIpc) is 0.765. The molecule has 0 radical (unpaired) electrons. The molecule has 6 heterocycles. The number of anilines is 6. The second kappa shape index (κ2) is 21.8. The van der Waals surface area contributed by atoms with E-state index in [0.29, 0.717) is 0 Å². The first kappa shape index (κ1) is 58.2. The minimum absolute atomic E-state index is 0.0780. The average molecular weight is 1280 g/mol. The van der Waals surface area contributed by atoms with E-state index < -0.39 is 0 Å². The van der Waals surface area contributed by atoms with Crippen LogP contribution in [-0.4, -0.2) is 22.6 Å². The number of hydrogen-bond donors (Lipinski definition) is 0. The fraction of sp³-hybridized carbons (Fsp3) is 0.0870.